The summed E-state index contributed by atoms with van der Waals surface area (Å²) in [4.78, 5) is 12.7. The summed E-state index contributed by atoms with van der Waals surface area (Å²) in [6.07, 6.45) is 6.29. The van der Waals surface area contributed by atoms with Gasteiger partial charge in [0.2, 0.25) is 5.95 Å². The monoisotopic (exact) mass is 481 g/mol. The largest absolute Gasteiger partial charge is 0.497 e. The van der Waals surface area contributed by atoms with Gasteiger partial charge in [-0.1, -0.05) is 55.2 Å². The minimum atomic E-state index is 0.494. The summed E-state index contributed by atoms with van der Waals surface area (Å²) >= 11 is 0. The van der Waals surface area contributed by atoms with Gasteiger partial charge in [-0.3, -0.25) is 0 Å². The number of hydrogen-bond acceptors (Lipinski definition) is 5. The SMILES string of the molecule is COc1ccc(CN(Cc2ccc(OC)cc2)c2nc(C3CCCCC3)c3cc(C)ccc3n2)cc1. The maximum absolute atomic E-state index is 5.37. The van der Waals surface area contributed by atoms with Gasteiger partial charge >= 0.3 is 0 Å². The average Bonchev–Trinajstić information content (AvgIpc) is 2.93. The molecule has 4 aromatic rings. The molecule has 5 rings (SSSR count). The predicted molar refractivity (Wildman–Crippen MR) is 146 cm³/mol. The molecule has 1 aromatic heterocycles. The summed E-state index contributed by atoms with van der Waals surface area (Å²) in [7, 11) is 3.39. The van der Waals surface area contributed by atoms with Gasteiger partial charge in [0, 0.05) is 24.4 Å². The van der Waals surface area contributed by atoms with E-state index < -0.39 is 0 Å². The molecular weight excluding hydrogens is 446 g/mol. The molecule has 0 radical (unpaired) electrons. The van der Waals surface area contributed by atoms with E-state index in [1.54, 1.807) is 14.2 Å². The molecule has 1 heterocycles. The van der Waals surface area contributed by atoms with Crippen molar-refractivity contribution in [3.05, 3.63) is 89.1 Å². The van der Waals surface area contributed by atoms with Gasteiger partial charge in [-0.15, -0.1) is 0 Å². The first-order valence-electron chi connectivity index (χ1n) is 12.9. The lowest BCUT2D eigenvalue weighted by molar-refractivity contribution is 0.414. The molecule has 5 nitrogen and oxygen atoms in total. The fourth-order valence-electron chi connectivity index (χ4n) is 5.18. The Hall–Kier alpha value is -3.60. The quantitative estimate of drug-likeness (QED) is 0.266. The fraction of sp³-hybridized carbons (Fsp3) is 0.355. The van der Waals surface area contributed by atoms with E-state index >= 15 is 0 Å². The van der Waals surface area contributed by atoms with Crippen molar-refractivity contribution in [1.82, 2.24) is 9.97 Å². The van der Waals surface area contributed by atoms with Crippen LogP contribution in [0, 0.1) is 6.92 Å². The van der Waals surface area contributed by atoms with E-state index in [4.69, 9.17) is 19.4 Å². The Morgan fingerprint density at radius 3 is 1.89 bits per heavy atom. The first-order chi connectivity index (χ1) is 17.6. The Bertz CT molecular complexity index is 1250. The fourth-order valence-corrected chi connectivity index (χ4v) is 5.18. The molecular formula is C31H35N3O2. The molecule has 0 saturated heterocycles. The van der Waals surface area contributed by atoms with Crippen LogP contribution in [0.4, 0.5) is 5.95 Å². The summed E-state index contributed by atoms with van der Waals surface area (Å²) < 4.78 is 10.7. The number of hydrogen-bond donors (Lipinski definition) is 0. The highest BCUT2D eigenvalue weighted by atomic mass is 16.5. The van der Waals surface area contributed by atoms with Gasteiger partial charge in [0.15, 0.2) is 0 Å². The van der Waals surface area contributed by atoms with Crippen LogP contribution in [0.2, 0.25) is 0 Å². The zero-order chi connectivity index (χ0) is 24.9. The zero-order valence-corrected chi connectivity index (χ0v) is 21.5. The number of aromatic nitrogens is 2. The Kier molecular flexibility index (Phi) is 7.36. The molecule has 0 atom stereocenters. The Balaban J connectivity index is 1.56. The van der Waals surface area contributed by atoms with Gasteiger partial charge in [-0.05, 0) is 67.3 Å². The summed E-state index contributed by atoms with van der Waals surface area (Å²) in [5.74, 6) is 3.00. The van der Waals surface area contributed by atoms with E-state index in [0.717, 1.165) is 23.0 Å². The van der Waals surface area contributed by atoms with Gasteiger partial charge < -0.3 is 14.4 Å². The molecule has 0 amide bonds. The number of fused-ring (bicyclic) bond motifs is 1. The van der Waals surface area contributed by atoms with Crippen LogP contribution in [0.25, 0.3) is 10.9 Å². The molecule has 0 bridgehead atoms. The van der Waals surface area contributed by atoms with E-state index in [9.17, 15) is 0 Å². The van der Waals surface area contributed by atoms with Crippen LogP contribution in [-0.4, -0.2) is 24.2 Å². The van der Waals surface area contributed by atoms with E-state index in [1.807, 2.05) is 24.3 Å². The molecule has 1 fully saturated rings. The lowest BCUT2D eigenvalue weighted by Gasteiger charge is -2.27. The van der Waals surface area contributed by atoms with Crippen molar-refractivity contribution in [2.45, 2.75) is 58.0 Å². The zero-order valence-electron chi connectivity index (χ0n) is 21.5. The summed E-state index contributed by atoms with van der Waals surface area (Å²) in [6, 6.07) is 23.1. The van der Waals surface area contributed by atoms with Crippen molar-refractivity contribution >= 4 is 16.9 Å². The molecule has 0 unspecified atom stereocenters. The second kappa shape index (κ2) is 11.0. The van der Waals surface area contributed by atoms with Crippen molar-refractivity contribution in [3.8, 4) is 11.5 Å². The number of benzene rings is 3. The average molecular weight is 482 g/mol. The minimum Gasteiger partial charge on any atom is -0.497 e. The number of rotatable bonds is 8. The lowest BCUT2D eigenvalue weighted by atomic mass is 9.85. The van der Waals surface area contributed by atoms with Gasteiger partial charge in [0.25, 0.3) is 0 Å². The van der Waals surface area contributed by atoms with Crippen LogP contribution in [0.15, 0.2) is 66.7 Å². The van der Waals surface area contributed by atoms with Gasteiger partial charge in [0.05, 0.1) is 25.4 Å². The summed E-state index contributed by atoms with van der Waals surface area (Å²) in [6.45, 7) is 3.56. The number of methoxy groups -OCH3 is 2. The summed E-state index contributed by atoms with van der Waals surface area (Å²) in [5, 5.41) is 1.21. The molecule has 0 N–H and O–H groups in total. The molecule has 0 aliphatic heterocycles. The van der Waals surface area contributed by atoms with Crippen LogP contribution >= 0.6 is 0 Å². The Morgan fingerprint density at radius 1 is 0.750 bits per heavy atom. The molecule has 1 saturated carbocycles. The highest BCUT2D eigenvalue weighted by molar-refractivity contribution is 5.83. The van der Waals surface area contributed by atoms with Crippen LogP contribution in [0.1, 0.15) is 60.4 Å². The lowest BCUT2D eigenvalue weighted by Crippen LogP contribution is -2.25. The molecule has 0 spiro atoms. The minimum absolute atomic E-state index is 0.494. The van der Waals surface area contributed by atoms with Crippen LogP contribution in [0.3, 0.4) is 0 Å². The molecule has 1 aliphatic carbocycles. The van der Waals surface area contributed by atoms with Crippen LogP contribution in [0.5, 0.6) is 11.5 Å². The number of nitrogens with zero attached hydrogens (tertiary/aromatic N) is 3. The molecule has 3 aromatic carbocycles. The van der Waals surface area contributed by atoms with Gasteiger partial charge in [0.1, 0.15) is 11.5 Å². The van der Waals surface area contributed by atoms with Crippen molar-refractivity contribution in [2.24, 2.45) is 0 Å². The standard InChI is InChI=1S/C31H35N3O2/c1-22-9-18-29-28(19-22)30(25-7-5-4-6-8-25)33-31(32-29)34(20-23-10-14-26(35-2)15-11-23)21-24-12-16-27(36-3)17-13-24/h9-19,25H,4-8,20-21H2,1-3H3. The number of anilines is 1. The highest BCUT2D eigenvalue weighted by Gasteiger charge is 2.23. The van der Waals surface area contributed by atoms with Crippen molar-refractivity contribution in [3.63, 3.8) is 0 Å². The van der Waals surface area contributed by atoms with E-state index in [-0.39, 0.29) is 0 Å². The smallest absolute Gasteiger partial charge is 0.226 e. The third kappa shape index (κ3) is 5.46. The normalized spacial score (nSPS) is 14.1. The van der Waals surface area contributed by atoms with Gasteiger partial charge in [-0.25, -0.2) is 9.97 Å². The maximum Gasteiger partial charge on any atom is 0.226 e. The van der Waals surface area contributed by atoms with E-state index in [1.165, 1.54) is 59.9 Å². The highest BCUT2D eigenvalue weighted by Crippen LogP contribution is 2.36. The van der Waals surface area contributed by atoms with Crippen molar-refractivity contribution in [1.29, 1.82) is 0 Å². The maximum atomic E-state index is 5.37. The third-order valence-corrected chi connectivity index (χ3v) is 7.21. The first kappa shape index (κ1) is 24.1. The molecule has 1 aliphatic rings. The molecule has 36 heavy (non-hydrogen) atoms. The molecule has 186 valence electrons. The molecule has 5 heteroatoms. The van der Waals surface area contributed by atoms with Crippen molar-refractivity contribution < 1.29 is 9.47 Å². The number of ether oxygens (including phenoxy) is 2. The number of aryl methyl sites for hydroxylation is 1. The van der Waals surface area contributed by atoms with Crippen molar-refractivity contribution in [2.75, 3.05) is 19.1 Å². The third-order valence-electron chi connectivity index (χ3n) is 7.21. The van der Waals surface area contributed by atoms with Gasteiger partial charge in [-0.2, -0.15) is 0 Å². The van der Waals surface area contributed by atoms with Crippen LogP contribution in [-0.2, 0) is 13.1 Å². The second-order valence-corrected chi connectivity index (χ2v) is 9.82. The topological polar surface area (TPSA) is 47.5 Å². The van der Waals surface area contributed by atoms with E-state index in [0.29, 0.717) is 19.0 Å². The van der Waals surface area contributed by atoms with Crippen LogP contribution < -0.4 is 14.4 Å². The van der Waals surface area contributed by atoms with E-state index in [2.05, 4.69) is 54.3 Å². The predicted octanol–water partition coefficient (Wildman–Crippen LogP) is 7.21. The Morgan fingerprint density at radius 2 is 1.33 bits per heavy atom. The summed E-state index contributed by atoms with van der Waals surface area (Å²) in [5.41, 5.74) is 5.88. The first-order valence-corrected chi connectivity index (χ1v) is 12.9. The second-order valence-electron chi connectivity index (χ2n) is 9.82. The Labute approximate surface area is 214 Å².